The van der Waals surface area contributed by atoms with Gasteiger partial charge in [-0.05, 0) is 75.4 Å². The normalized spacial score (nSPS) is 20.2. The van der Waals surface area contributed by atoms with Crippen molar-refractivity contribution in [1.29, 1.82) is 0 Å². The van der Waals surface area contributed by atoms with Gasteiger partial charge in [0.15, 0.2) is 0 Å². The van der Waals surface area contributed by atoms with Gasteiger partial charge >= 0.3 is 0 Å². The Labute approximate surface area is 189 Å². The average Bonchev–Trinajstić information content (AvgIpc) is 2.79. The monoisotopic (exact) mass is 432 g/mol. The zero-order valence-corrected chi connectivity index (χ0v) is 19.1. The van der Waals surface area contributed by atoms with E-state index >= 15 is 0 Å². The Morgan fingerprint density at radius 2 is 1.94 bits per heavy atom. The molecular formula is C26H32N4O2. The van der Waals surface area contributed by atoms with Crippen LogP contribution in [0.25, 0.3) is 10.8 Å². The predicted octanol–water partition coefficient (Wildman–Crippen LogP) is 4.12. The Hall–Kier alpha value is -2.99. The number of carbonyl (C=O) groups excluding carboxylic acids is 1. The Morgan fingerprint density at radius 3 is 2.69 bits per heavy atom. The van der Waals surface area contributed by atoms with Crippen molar-refractivity contribution in [3.8, 4) is 0 Å². The minimum Gasteiger partial charge on any atom is -0.324 e. The van der Waals surface area contributed by atoms with E-state index in [1.807, 2.05) is 30.3 Å². The molecule has 1 saturated heterocycles. The Bertz CT molecular complexity index is 1140. The highest BCUT2D eigenvalue weighted by Crippen LogP contribution is 2.27. The Balaban J connectivity index is 1.36. The zero-order chi connectivity index (χ0) is 22.7. The molecule has 0 radical (unpaired) electrons. The largest absolute Gasteiger partial charge is 0.324 e. The van der Waals surface area contributed by atoms with Gasteiger partial charge in [-0.1, -0.05) is 37.3 Å². The molecular weight excluding hydrogens is 400 g/mol. The summed E-state index contributed by atoms with van der Waals surface area (Å²) in [6.07, 6.45) is 5.15. The molecule has 1 N–H and O–H groups in total. The average molecular weight is 433 g/mol. The number of nitrogens with zero attached hydrogens (tertiary/aromatic N) is 3. The first-order valence-corrected chi connectivity index (χ1v) is 11.5. The number of anilines is 1. The number of hydrogen-bond acceptors (Lipinski definition) is 4. The van der Waals surface area contributed by atoms with Gasteiger partial charge in [-0.25, -0.2) is 4.68 Å². The fourth-order valence-electron chi connectivity index (χ4n) is 4.68. The molecule has 6 heteroatoms. The van der Waals surface area contributed by atoms with E-state index < -0.39 is 6.04 Å². The summed E-state index contributed by atoms with van der Waals surface area (Å²) in [4.78, 5) is 27.9. The topological polar surface area (TPSA) is 67.2 Å². The summed E-state index contributed by atoms with van der Waals surface area (Å²) in [5.41, 5.74) is 1.76. The van der Waals surface area contributed by atoms with Crippen LogP contribution in [0.5, 0.6) is 0 Å². The first-order chi connectivity index (χ1) is 15.4. The second kappa shape index (κ2) is 9.65. The predicted molar refractivity (Wildman–Crippen MR) is 129 cm³/mol. The van der Waals surface area contributed by atoms with E-state index in [0.29, 0.717) is 5.39 Å². The van der Waals surface area contributed by atoms with E-state index in [-0.39, 0.29) is 11.5 Å². The quantitative estimate of drug-likeness (QED) is 0.636. The highest BCUT2D eigenvalue weighted by atomic mass is 16.2. The molecule has 6 nitrogen and oxygen atoms in total. The minimum absolute atomic E-state index is 0.260. The molecule has 0 unspecified atom stereocenters. The fraction of sp³-hybridized carbons (Fsp3) is 0.423. The lowest BCUT2D eigenvalue weighted by molar-refractivity contribution is -0.119. The minimum atomic E-state index is -0.710. The third-order valence-corrected chi connectivity index (χ3v) is 6.78. The summed E-state index contributed by atoms with van der Waals surface area (Å²) in [7, 11) is 2.20. The molecule has 3 aromatic rings. The van der Waals surface area contributed by atoms with Crippen molar-refractivity contribution in [2.75, 3.05) is 25.5 Å². The SMILES string of the molecule is C[C@@H]1CN(C)CC[C@H]1CCc1ccc(NC(=O)[C@H](C)n2ncc3ccccc3c2=O)cc1. The molecule has 1 aliphatic rings. The lowest BCUT2D eigenvalue weighted by Crippen LogP contribution is -2.36. The van der Waals surface area contributed by atoms with Gasteiger partial charge in [-0.15, -0.1) is 0 Å². The summed E-state index contributed by atoms with van der Waals surface area (Å²) in [5, 5.41) is 8.45. The van der Waals surface area contributed by atoms with Crippen molar-refractivity contribution in [1.82, 2.24) is 14.7 Å². The van der Waals surface area contributed by atoms with Crippen LogP contribution in [0.1, 0.15) is 38.3 Å². The van der Waals surface area contributed by atoms with E-state index in [9.17, 15) is 9.59 Å². The molecule has 0 aliphatic carbocycles. The van der Waals surface area contributed by atoms with Crippen LogP contribution in [-0.2, 0) is 11.2 Å². The molecule has 1 aliphatic heterocycles. The van der Waals surface area contributed by atoms with Crippen molar-refractivity contribution >= 4 is 22.4 Å². The second-order valence-corrected chi connectivity index (χ2v) is 9.17. The van der Waals surface area contributed by atoms with Gasteiger partial charge in [-0.2, -0.15) is 5.10 Å². The van der Waals surface area contributed by atoms with Gasteiger partial charge in [0.25, 0.3) is 5.56 Å². The number of fused-ring (bicyclic) bond motifs is 1. The van der Waals surface area contributed by atoms with Gasteiger partial charge < -0.3 is 10.2 Å². The smallest absolute Gasteiger partial charge is 0.275 e. The highest BCUT2D eigenvalue weighted by molar-refractivity contribution is 5.93. The summed E-state index contributed by atoms with van der Waals surface area (Å²) in [5.74, 6) is 1.25. The Kier molecular flexibility index (Phi) is 6.70. The maximum absolute atomic E-state index is 12.8. The third-order valence-electron chi connectivity index (χ3n) is 6.78. The molecule has 1 aromatic heterocycles. The number of benzene rings is 2. The van der Waals surface area contributed by atoms with Crippen LogP contribution in [0.4, 0.5) is 5.69 Å². The van der Waals surface area contributed by atoms with Crippen LogP contribution in [0.15, 0.2) is 59.5 Å². The molecule has 32 heavy (non-hydrogen) atoms. The molecule has 0 spiro atoms. The molecule has 2 aromatic carbocycles. The number of amides is 1. The van der Waals surface area contributed by atoms with Crippen LogP contribution < -0.4 is 10.9 Å². The van der Waals surface area contributed by atoms with Crippen molar-refractivity contribution in [2.24, 2.45) is 11.8 Å². The lowest BCUT2D eigenvalue weighted by Gasteiger charge is -2.34. The first-order valence-electron chi connectivity index (χ1n) is 11.5. The first kappa shape index (κ1) is 22.2. The van der Waals surface area contributed by atoms with Crippen molar-refractivity contribution in [2.45, 2.75) is 39.2 Å². The van der Waals surface area contributed by atoms with Gasteiger partial charge in [0.05, 0.1) is 11.6 Å². The fourth-order valence-corrected chi connectivity index (χ4v) is 4.68. The van der Waals surface area contributed by atoms with Gasteiger partial charge in [0.1, 0.15) is 6.04 Å². The molecule has 1 amide bonds. The number of hydrogen-bond donors (Lipinski definition) is 1. The number of piperidine rings is 1. The number of carbonyl (C=O) groups is 1. The van der Waals surface area contributed by atoms with E-state index in [4.69, 9.17) is 0 Å². The summed E-state index contributed by atoms with van der Waals surface area (Å²) in [6.45, 7) is 6.42. The second-order valence-electron chi connectivity index (χ2n) is 9.17. The number of aryl methyl sites for hydroxylation is 1. The summed E-state index contributed by atoms with van der Waals surface area (Å²) in [6, 6.07) is 14.6. The van der Waals surface area contributed by atoms with E-state index in [0.717, 1.165) is 29.3 Å². The molecule has 2 heterocycles. The highest BCUT2D eigenvalue weighted by Gasteiger charge is 2.23. The zero-order valence-electron chi connectivity index (χ0n) is 19.1. The van der Waals surface area contributed by atoms with E-state index in [1.54, 1.807) is 19.2 Å². The van der Waals surface area contributed by atoms with E-state index in [2.05, 4.69) is 41.4 Å². The van der Waals surface area contributed by atoms with Gasteiger partial charge in [0.2, 0.25) is 5.91 Å². The van der Waals surface area contributed by atoms with Crippen LogP contribution in [0.3, 0.4) is 0 Å². The maximum Gasteiger partial charge on any atom is 0.275 e. The van der Waals surface area contributed by atoms with Crippen LogP contribution in [0, 0.1) is 11.8 Å². The van der Waals surface area contributed by atoms with Crippen molar-refractivity contribution in [3.05, 3.63) is 70.6 Å². The van der Waals surface area contributed by atoms with Crippen LogP contribution in [-0.4, -0.2) is 40.7 Å². The number of rotatable bonds is 6. The standard InChI is InChI=1S/C26H32N4O2/c1-18-17-29(3)15-14-21(18)11-8-20-9-12-23(13-10-20)28-25(31)19(2)30-26(32)24-7-5-4-6-22(24)16-27-30/h4-7,9-10,12-13,16,18-19,21H,8,11,14-15,17H2,1-3H3,(H,28,31)/t18-,19+,21-/m1/s1. The molecule has 4 rings (SSSR count). The summed E-state index contributed by atoms with van der Waals surface area (Å²) >= 11 is 0. The van der Waals surface area contributed by atoms with Crippen LogP contribution >= 0.6 is 0 Å². The molecule has 3 atom stereocenters. The third kappa shape index (κ3) is 4.91. The van der Waals surface area contributed by atoms with Crippen LogP contribution in [0.2, 0.25) is 0 Å². The van der Waals surface area contributed by atoms with Gasteiger partial charge in [0, 0.05) is 17.6 Å². The van der Waals surface area contributed by atoms with E-state index in [1.165, 1.54) is 36.2 Å². The molecule has 0 saturated carbocycles. The number of aromatic nitrogens is 2. The van der Waals surface area contributed by atoms with Crippen molar-refractivity contribution < 1.29 is 4.79 Å². The maximum atomic E-state index is 12.8. The summed E-state index contributed by atoms with van der Waals surface area (Å²) < 4.78 is 1.24. The molecule has 1 fully saturated rings. The Morgan fingerprint density at radius 1 is 1.19 bits per heavy atom. The van der Waals surface area contributed by atoms with Gasteiger partial charge in [-0.3, -0.25) is 9.59 Å². The lowest BCUT2D eigenvalue weighted by atomic mass is 9.83. The van der Waals surface area contributed by atoms with Crippen molar-refractivity contribution in [3.63, 3.8) is 0 Å². The number of nitrogens with one attached hydrogen (secondary N) is 1. The molecule has 168 valence electrons. The molecule has 0 bridgehead atoms. The number of likely N-dealkylation sites (tertiary alicyclic amines) is 1.